The number of anilines is 1. The van der Waals surface area contributed by atoms with Crippen LogP contribution < -0.4 is 21.1 Å². The Labute approximate surface area is 138 Å². The van der Waals surface area contributed by atoms with E-state index in [1.54, 1.807) is 13.2 Å². The van der Waals surface area contributed by atoms with Crippen LogP contribution >= 0.6 is 11.3 Å². The third-order valence-electron chi connectivity index (χ3n) is 3.29. The quantitative estimate of drug-likeness (QED) is 0.738. The highest BCUT2D eigenvalue weighted by Crippen LogP contribution is 2.31. The lowest BCUT2D eigenvalue weighted by Gasteiger charge is -2.14. The summed E-state index contributed by atoms with van der Waals surface area (Å²) in [7, 11) is 1.57. The maximum atomic E-state index is 11.9. The van der Waals surface area contributed by atoms with Gasteiger partial charge >= 0.3 is 0 Å². The fourth-order valence-electron chi connectivity index (χ4n) is 1.89. The van der Waals surface area contributed by atoms with E-state index in [4.69, 9.17) is 10.5 Å². The van der Waals surface area contributed by atoms with E-state index in [9.17, 15) is 9.59 Å². The number of hydrogen-bond donors (Lipinski definition) is 3. The summed E-state index contributed by atoms with van der Waals surface area (Å²) in [5.74, 6) is -0.0429. The van der Waals surface area contributed by atoms with Crippen LogP contribution in [0.4, 0.5) is 5.13 Å². The van der Waals surface area contributed by atoms with Gasteiger partial charge < -0.3 is 21.1 Å². The number of fused-ring (bicyclic) bond motifs is 1. The van der Waals surface area contributed by atoms with E-state index in [1.165, 1.54) is 11.3 Å². The normalized spacial score (nSPS) is 12.2. The van der Waals surface area contributed by atoms with Gasteiger partial charge in [0.25, 0.3) is 0 Å². The van der Waals surface area contributed by atoms with Gasteiger partial charge in [0.1, 0.15) is 11.3 Å². The lowest BCUT2D eigenvalue weighted by atomic mass is 10.1. The Balaban J connectivity index is 1.97. The summed E-state index contributed by atoms with van der Waals surface area (Å²) >= 11 is 1.34. The molecule has 0 fully saturated rings. The van der Waals surface area contributed by atoms with Gasteiger partial charge in [-0.05, 0) is 18.1 Å². The Kier molecular flexibility index (Phi) is 5.51. The van der Waals surface area contributed by atoms with Gasteiger partial charge in [-0.3, -0.25) is 9.59 Å². The number of methoxy groups -OCH3 is 1. The van der Waals surface area contributed by atoms with Crippen LogP contribution in [0.3, 0.4) is 0 Å². The number of nitrogens with two attached hydrogens (primary N) is 1. The van der Waals surface area contributed by atoms with Crippen LogP contribution in [0.5, 0.6) is 5.75 Å². The van der Waals surface area contributed by atoms with Gasteiger partial charge in [0, 0.05) is 0 Å². The molecule has 0 spiro atoms. The van der Waals surface area contributed by atoms with Gasteiger partial charge in [-0.2, -0.15) is 0 Å². The lowest BCUT2D eigenvalue weighted by molar-refractivity contribution is -0.125. The Hall–Kier alpha value is -2.19. The number of aromatic nitrogens is 1. The summed E-state index contributed by atoms with van der Waals surface area (Å²) in [5, 5.41) is 5.64. The average molecular weight is 336 g/mol. The number of benzene rings is 1. The molecule has 23 heavy (non-hydrogen) atoms. The summed E-state index contributed by atoms with van der Waals surface area (Å²) in [6.07, 6.45) is 0. The van der Waals surface area contributed by atoms with E-state index in [0.717, 1.165) is 4.70 Å². The molecule has 0 saturated carbocycles. The van der Waals surface area contributed by atoms with E-state index >= 15 is 0 Å². The van der Waals surface area contributed by atoms with Crippen molar-refractivity contribution in [3.05, 3.63) is 18.2 Å². The largest absolute Gasteiger partial charge is 0.494 e. The molecule has 0 aliphatic rings. The second kappa shape index (κ2) is 7.38. The highest BCUT2D eigenvalue weighted by molar-refractivity contribution is 7.22. The number of nitrogens with one attached hydrogen (secondary N) is 2. The molecule has 1 aromatic carbocycles. The number of carbonyl (C=O) groups is 2. The number of hydrogen-bond acceptors (Lipinski definition) is 6. The van der Waals surface area contributed by atoms with Crippen LogP contribution in [0, 0.1) is 5.92 Å². The zero-order chi connectivity index (χ0) is 17.0. The molecule has 2 amide bonds. The first-order valence-electron chi connectivity index (χ1n) is 7.19. The minimum Gasteiger partial charge on any atom is -0.494 e. The molecule has 0 radical (unpaired) electrons. The standard InChI is InChI=1S/C15H20N4O3S/c1-8(2)12(16)14(21)17-7-11(20)18-15-19-13-9(22-3)5-4-6-10(13)23-15/h4-6,8,12H,7,16H2,1-3H3,(H,17,21)(H,18,19,20)/t12-/m0/s1. The Bertz CT molecular complexity index is 714. The Morgan fingerprint density at radius 1 is 1.39 bits per heavy atom. The van der Waals surface area contributed by atoms with Crippen molar-refractivity contribution in [2.24, 2.45) is 11.7 Å². The first kappa shape index (κ1) is 17.2. The summed E-state index contributed by atoms with van der Waals surface area (Å²) in [6, 6.07) is 4.93. The first-order chi connectivity index (χ1) is 10.9. The molecule has 8 heteroatoms. The fourth-order valence-corrected chi connectivity index (χ4v) is 2.79. The molecule has 2 aromatic rings. The van der Waals surface area contributed by atoms with Crippen molar-refractivity contribution in [3.63, 3.8) is 0 Å². The van der Waals surface area contributed by atoms with E-state index in [0.29, 0.717) is 16.4 Å². The second-order valence-electron chi connectivity index (χ2n) is 5.36. The van der Waals surface area contributed by atoms with Crippen LogP contribution in [0.1, 0.15) is 13.8 Å². The molecule has 1 heterocycles. The topological polar surface area (TPSA) is 106 Å². The molecule has 0 unspecified atom stereocenters. The highest BCUT2D eigenvalue weighted by atomic mass is 32.1. The minimum absolute atomic E-state index is 0.00906. The van der Waals surface area contributed by atoms with Crippen molar-refractivity contribution in [2.75, 3.05) is 19.0 Å². The molecular weight excluding hydrogens is 316 g/mol. The van der Waals surface area contributed by atoms with Gasteiger partial charge in [-0.25, -0.2) is 4.98 Å². The highest BCUT2D eigenvalue weighted by Gasteiger charge is 2.18. The van der Waals surface area contributed by atoms with Gasteiger partial charge in [0.05, 0.1) is 24.4 Å². The van der Waals surface area contributed by atoms with E-state index in [1.807, 2.05) is 26.0 Å². The second-order valence-corrected chi connectivity index (χ2v) is 6.39. The van der Waals surface area contributed by atoms with Crippen LogP contribution in [0.15, 0.2) is 18.2 Å². The zero-order valence-corrected chi connectivity index (χ0v) is 14.1. The van der Waals surface area contributed by atoms with E-state index < -0.39 is 6.04 Å². The van der Waals surface area contributed by atoms with Crippen molar-refractivity contribution in [2.45, 2.75) is 19.9 Å². The minimum atomic E-state index is -0.630. The number of carbonyl (C=O) groups excluding carboxylic acids is 2. The molecule has 7 nitrogen and oxygen atoms in total. The predicted octanol–water partition coefficient (Wildman–Crippen LogP) is 1.34. The molecule has 0 bridgehead atoms. The smallest absolute Gasteiger partial charge is 0.245 e. The third-order valence-corrected chi connectivity index (χ3v) is 4.23. The van der Waals surface area contributed by atoms with Crippen LogP contribution in [-0.2, 0) is 9.59 Å². The van der Waals surface area contributed by atoms with Crippen molar-refractivity contribution in [3.8, 4) is 5.75 Å². The van der Waals surface area contributed by atoms with Crippen molar-refractivity contribution in [1.29, 1.82) is 0 Å². The van der Waals surface area contributed by atoms with E-state index in [2.05, 4.69) is 15.6 Å². The Morgan fingerprint density at radius 3 is 2.78 bits per heavy atom. The molecule has 0 aliphatic heterocycles. The predicted molar refractivity (Wildman–Crippen MR) is 90.6 cm³/mol. The van der Waals surface area contributed by atoms with E-state index in [-0.39, 0.29) is 24.3 Å². The SMILES string of the molecule is COc1cccc2sc(NC(=O)CNC(=O)[C@@H](N)C(C)C)nc12. The molecule has 124 valence electrons. The van der Waals surface area contributed by atoms with Gasteiger partial charge in [-0.15, -0.1) is 0 Å². The summed E-state index contributed by atoms with van der Waals surface area (Å²) in [5.41, 5.74) is 6.41. The summed E-state index contributed by atoms with van der Waals surface area (Å²) in [4.78, 5) is 28.0. The number of thiazole rings is 1. The monoisotopic (exact) mass is 336 g/mol. The zero-order valence-electron chi connectivity index (χ0n) is 13.3. The van der Waals surface area contributed by atoms with Crippen LogP contribution in [0.25, 0.3) is 10.2 Å². The van der Waals surface area contributed by atoms with Gasteiger partial charge in [-0.1, -0.05) is 31.3 Å². The summed E-state index contributed by atoms with van der Waals surface area (Å²) < 4.78 is 6.14. The molecule has 0 saturated heterocycles. The van der Waals surface area contributed by atoms with Crippen molar-refractivity contribution >= 4 is 38.5 Å². The number of amides is 2. The lowest BCUT2D eigenvalue weighted by Crippen LogP contribution is -2.46. The number of ether oxygens (including phenoxy) is 1. The molecule has 1 atom stereocenters. The maximum absolute atomic E-state index is 11.9. The Morgan fingerprint density at radius 2 is 2.13 bits per heavy atom. The fraction of sp³-hybridized carbons (Fsp3) is 0.400. The molecule has 0 aliphatic carbocycles. The van der Waals surface area contributed by atoms with Crippen molar-refractivity contribution < 1.29 is 14.3 Å². The van der Waals surface area contributed by atoms with Crippen LogP contribution in [-0.4, -0.2) is 36.5 Å². The third kappa shape index (κ3) is 4.17. The molecule has 2 rings (SSSR count). The summed E-state index contributed by atoms with van der Waals surface area (Å²) in [6.45, 7) is 3.55. The van der Waals surface area contributed by atoms with Crippen LogP contribution in [0.2, 0.25) is 0 Å². The first-order valence-corrected chi connectivity index (χ1v) is 8.00. The molecule has 4 N–H and O–H groups in total. The van der Waals surface area contributed by atoms with Crippen molar-refractivity contribution in [1.82, 2.24) is 10.3 Å². The van der Waals surface area contributed by atoms with Gasteiger partial charge in [0.15, 0.2) is 5.13 Å². The molecular formula is C15H20N4O3S. The number of para-hydroxylation sites is 1. The molecule has 1 aromatic heterocycles. The maximum Gasteiger partial charge on any atom is 0.245 e. The number of nitrogens with zero attached hydrogens (tertiary/aromatic N) is 1. The number of rotatable bonds is 6. The van der Waals surface area contributed by atoms with Gasteiger partial charge in [0.2, 0.25) is 11.8 Å². The average Bonchev–Trinajstić information content (AvgIpc) is 2.93.